The fourth-order valence-electron chi connectivity index (χ4n) is 2.15. The molecule has 0 radical (unpaired) electrons. The number of esters is 1. The van der Waals surface area contributed by atoms with Crippen LogP contribution in [0.15, 0.2) is 23.6 Å². The van der Waals surface area contributed by atoms with Crippen molar-refractivity contribution < 1.29 is 18.7 Å². The number of carbonyl (C=O) groups is 2. The van der Waals surface area contributed by atoms with E-state index in [9.17, 15) is 14.0 Å². The van der Waals surface area contributed by atoms with Crippen LogP contribution in [0.3, 0.4) is 0 Å². The van der Waals surface area contributed by atoms with Gasteiger partial charge in [0.15, 0.2) is 5.13 Å². The lowest BCUT2D eigenvalue weighted by atomic mass is 10.2. The first-order chi connectivity index (χ1) is 12.0. The molecule has 0 aliphatic rings. The van der Waals surface area contributed by atoms with Gasteiger partial charge in [-0.15, -0.1) is 22.7 Å². The van der Waals surface area contributed by atoms with Crippen LogP contribution in [0, 0.1) is 5.82 Å². The van der Waals surface area contributed by atoms with E-state index in [1.807, 2.05) is 0 Å². The molecule has 0 fully saturated rings. The van der Waals surface area contributed by atoms with E-state index in [-0.39, 0.29) is 22.3 Å². The highest BCUT2D eigenvalue weighted by molar-refractivity contribution is 7.21. The highest BCUT2D eigenvalue weighted by atomic mass is 35.5. The van der Waals surface area contributed by atoms with Crippen LogP contribution in [0.5, 0.6) is 0 Å². The average Bonchev–Trinajstić information content (AvgIpc) is 3.12. The second-order valence-corrected chi connectivity index (χ2v) is 7.25. The van der Waals surface area contributed by atoms with Gasteiger partial charge < -0.3 is 4.74 Å². The number of aromatic nitrogens is 1. The van der Waals surface area contributed by atoms with Gasteiger partial charge in [-0.1, -0.05) is 11.6 Å². The minimum absolute atomic E-state index is 0.0448. The van der Waals surface area contributed by atoms with Gasteiger partial charge in [0.25, 0.3) is 5.91 Å². The Morgan fingerprint density at radius 3 is 2.96 bits per heavy atom. The molecular weight excluding hydrogens is 387 g/mol. The fourth-order valence-corrected chi connectivity index (χ4v) is 4.23. The summed E-state index contributed by atoms with van der Waals surface area (Å²) >= 11 is 8.58. The molecule has 0 aliphatic carbocycles. The van der Waals surface area contributed by atoms with Crippen molar-refractivity contribution in [1.29, 1.82) is 0 Å². The Morgan fingerprint density at radius 1 is 1.40 bits per heavy atom. The maximum atomic E-state index is 13.3. The van der Waals surface area contributed by atoms with Gasteiger partial charge in [0, 0.05) is 15.5 Å². The Labute approximate surface area is 155 Å². The van der Waals surface area contributed by atoms with Crippen LogP contribution in [0.4, 0.5) is 9.52 Å². The van der Waals surface area contributed by atoms with Crippen LogP contribution in [-0.4, -0.2) is 23.5 Å². The molecule has 2 aromatic heterocycles. The molecule has 0 saturated carbocycles. The Balaban J connectivity index is 1.76. The maximum absolute atomic E-state index is 13.3. The molecule has 25 heavy (non-hydrogen) atoms. The number of fused-ring (bicyclic) bond motifs is 1. The van der Waals surface area contributed by atoms with Crippen molar-refractivity contribution in [2.75, 3.05) is 11.9 Å². The second kappa shape index (κ2) is 7.47. The summed E-state index contributed by atoms with van der Waals surface area (Å²) in [5.41, 5.74) is 0.517. The van der Waals surface area contributed by atoms with E-state index < -0.39 is 11.7 Å². The van der Waals surface area contributed by atoms with Crippen LogP contribution in [0.25, 0.3) is 10.1 Å². The topological polar surface area (TPSA) is 68.3 Å². The van der Waals surface area contributed by atoms with Crippen LogP contribution in [0.1, 0.15) is 22.3 Å². The summed E-state index contributed by atoms with van der Waals surface area (Å²) in [5.74, 6) is -1.22. The van der Waals surface area contributed by atoms with E-state index in [0.29, 0.717) is 22.8 Å². The minimum atomic E-state index is -0.427. The van der Waals surface area contributed by atoms with Crippen molar-refractivity contribution in [2.45, 2.75) is 13.3 Å². The fraction of sp³-hybridized carbons (Fsp3) is 0.188. The zero-order valence-electron chi connectivity index (χ0n) is 13.0. The smallest absolute Gasteiger partial charge is 0.311 e. The van der Waals surface area contributed by atoms with Gasteiger partial charge in [-0.05, 0) is 25.1 Å². The van der Waals surface area contributed by atoms with Gasteiger partial charge in [-0.3, -0.25) is 14.9 Å². The van der Waals surface area contributed by atoms with Crippen LogP contribution >= 0.6 is 34.3 Å². The summed E-state index contributed by atoms with van der Waals surface area (Å²) in [6, 6.07) is 4.20. The summed E-state index contributed by atoms with van der Waals surface area (Å²) in [7, 11) is 0. The zero-order valence-corrected chi connectivity index (χ0v) is 15.4. The molecule has 0 aliphatic heterocycles. The Morgan fingerprint density at radius 2 is 2.20 bits per heavy atom. The molecule has 1 aromatic carbocycles. The van der Waals surface area contributed by atoms with Gasteiger partial charge >= 0.3 is 5.97 Å². The molecule has 0 atom stereocenters. The van der Waals surface area contributed by atoms with Crippen molar-refractivity contribution in [3.05, 3.63) is 45.0 Å². The first kappa shape index (κ1) is 17.8. The summed E-state index contributed by atoms with van der Waals surface area (Å²) in [6.07, 6.45) is 0.0448. The monoisotopic (exact) mass is 398 g/mol. The molecule has 1 amide bonds. The quantitative estimate of drug-likeness (QED) is 0.642. The maximum Gasteiger partial charge on any atom is 0.311 e. The van der Waals surface area contributed by atoms with Crippen molar-refractivity contribution in [3.8, 4) is 0 Å². The number of rotatable bonds is 5. The number of nitrogens with zero attached hydrogens (tertiary/aromatic N) is 1. The third kappa shape index (κ3) is 3.97. The third-order valence-electron chi connectivity index (χ3n) is 3.20. The SMILES string of the molecule is CCOC(=O)Cc1csc(NC(=O)c2sc3ccc(F)cc3c2Cl)n1. The third-order valence-corrected chi connectivity index (χ3v) is 5.68. The number of nitrogens with one attached hydrogen (secondary N) is 1. The molecule has 2 heterocycles. The van der Waals surface area contributed by atoms with E-state index in [4.69, 9.17) is 16.3 Å². The molecule has 0 unspecified atom stereocenters. The van der Waals surface area contributed by atoms with Crippen LogP contribution in [-0.2, 0) is 16.0 Å². The van der Waals surface area contributed by atoms with Gasteiger partial charge in [0.05, 0.1) is 23.7 Å². The average molecular weight is 399 g/mol. The second-order valence-electron chi connectivity index (χ2n) is 4.97. The number of carbonyl (C=O) groups excluding carboxylic acids is 2. The number of thiophene rings is 1. The number of hydrogen-bond donors (Lipinski definition) is 1. The number of benzene rings is 1. The largest absolute Gasteiger partial charge is 0.466 e. The molecule has 1 N–H and O–H groups in total. The van der Waals surface area contributed by atoms with Crippen molar-refractivity contribution in [3.63, 3.8) is 0 Å². The highest BCUT2D eigenvalue weighted by Crippen LogP contribution is 2.36. The minimum Gasteiger partial charge on any atom is -0.466 e. The van der Waals surface area contributed by atoms with Gasteiger partial charge in [-0.25, -0.2) is 9.37 Å². The van der Waals surface area contributed by atoms with Crippen LogP contribution < -0.4 is 5.32 Å². The number of hydrogen-bond acceptors (Lipinski definition) is 6. The lowest BCUT2D eigenvalue weighted by Gasteiger charge is -2.00. The molecule has 9 heteroatoms. The number of ether oxygens (including phenoxy) is 1. The van der Waals surface area contributed by atoms with E-state index in [0.717, 1.165) is 4.70 Å². The number of halogens is 2. The molecule has 0 bridgehead atoms. The first-order valence-electron chi connectivity index (χ1n) is 7.27. The normalized spacial score (nSPS) is 10.8. The Kier molecular flexibility index (Phi) is 5.31. The Bertz CT molecular complexity index is 954. The predicted octanol–water partition coefficient (Wildman–Crippen LogP) is 4.51. The summed E-state index contributed by atoms with van der Waals surface area (Å²) < 4.78 is 18.9. The first-order valence-corrected chi connectivity index (χ1v) is 9.34. The number of amides is 1. The molecule has 5 nitrogen and oxygen atoms in total. The van der Waals surface area contributed by atoms with E-state index in [1.54, 1.807) is 18.4 Å². The van der Waals surface area contributed by atoms with E-state index in [1.165, 1.54) is 34.8 Å². The van der Waals surface area contributed by atoms with E-state index in [2.05, 4.69) is 10.3 Å². The van der Waals surface area contributed by atoms with Crippen molar-refractivity contribution in [1.82, 2.24) is 4.98 Å². The predicted molar refractivity (Wildman–Crippen MR) is 97.2 cm³/mol. The molecule has 3 rings (SSSR count). The van der Waals surface area contributed by atoms with Gasteiger partial charge in [-0.2, -0.15) is 0 Å². The highest BCUT2D eigenvalue weighted by Gasteiger charge is 2.19. The Hall–Kier alpha value is -2.03. The lowest BCUT2D eigenvalue weighted by Crippen LogP contribution is -2.11. The summed E-state index contributed by atoms with van der Waals surface area (Å²) in [6.45, 7) is 2.03. The number of thiazole rings is 1. The van der Waals surface area contributed by atoms with Crippen LogP contribution in [0.2, 0.25) is 5.02 Å². The summed E-state index contributed by atoms with van der Waals surface area (Å²) in [5, 5.41) is 5.38. The van der Waals surface area contributed by atoms with E-state index >= 15 is 0 Å². The van der Waals surface area contributed by atoms with Gasteiger partial charge in [0.1, 0.15) is 10.7 Å². The zero-order chi connectivity index (χ0) is 18.0. The number of anilines is 1. The summed E-state index contributed by atoms with van der Waals surface area (Å²) in [4.78, 5) is 28.3. The van der Waals surface area contributed by atoms with Crippen molar-refractivity contribution >= 4 is 61.4 Å². The lowest BCUT2D eigenvalue weighted by molar-refractivity contribution is -0.142. The van der Waals surface area contributed by atoms with Gasteiger partial charge in [0.2, 0.25) is 0 Å². The molecule has 0 spiro atoms. The molecule has 130 valence electrons. The molecular formula is C16H12ClFN2O3S2. The standard InChI is InChI=1S/C16H12ClFN2O3S2/c1-2-23-12(21)6-9-7-24-16(19-9)20-15(22)14-13(17)10-5-8(18)3-4-11(10)25-14/h3-5,7H,2,6H2,1H3,(H,19,20,22). The molecule has 3 aromatic rings. The van der Waals surface area contributed by atoms with Crippen molar-refractivity contribution in [2.24, 2.45) is 0 Å². The molecule has 0 saturated heterocycles.